The van der Waals surface area contributed by atoms with Crippen LogP contribution in [0, 0.1) is 5.92 Å². The highest BCUT2D eigenvalue weighted by atomic mass is 16.2. The van der Waals surface area contributed by atoms with Crippen LogP contribution >= 0.6 is 0 Å². The smallest absolute Gasteiger partial charge is 0.246 e. The van der Waals surface area contributed by atoms with Gasteiger partial charge >= 0.3 is 0 Å². The number of likely N-dealkylation sites (tertiary alicyclic amines) is 1. The first kappa shape index (κ1) is 15.2. The topological polar surface area (TPSA) is 49.4 Å². The van der Waals surface area contributed by atoms with Crippen LogP contribution in [0.1, 0.15) is 52.4 Å². The van der Waals surface area contributed by atoms with Crippen molar-refractivity contribution in [1.82, 2.24) is 10.2 Å². The molecule has 0 radical (unpaired) electrons. The number of hydrogen-bond donors (Lipinski definition) is 1. The molecule has 4 heteroatoms. The highest BCUT2D eigenvalue weighted by molar-refractivity contribution is 6.05. The fourth-order valence-electron chi connectivity index (χ4n) is 2.22. The highest BCUT2D eigenvalue weighted by Gasteiger charge is 2.35. The number of rotatable bonds is 8. The number of imide groups is 1. The number of likely N-dealkylation sites (N-methyl/N-ethyl adjacent to an activating group) is 1. The third-order valence-corrected chi connectivity index (χ3v) is 3.48. The molecule has 1 N–H and O–H groups in total. The quantitative estimate of drug-likeness (QED) is 0.532. The van der Waals surface area contributed by atoms with E-state index in [9.17, 15) is 9.59 Å². The van der Waals surface area contributed by atoms with Crippen molar-refractivity contribution in [3.63, 3.8) is 0 Å². The van der Waals surface area contributed by atoms with Gasteiger partial charge in [0.2, 0.25) is 11.8 Å². The Bertz CT molecular complexity index is 290. The maximum atomic E-state index is 11.6. The lowest BCUT2D eigenvalue weighted by Crippen LogP contribution is -2.37. The molecule has 0 aliphatic carbocycles. The minimum Gasteiger partial charge on any atom is -0.305 e. The SMILES string of the molecule is CC(C)CCCCCCNC1CC(=O)N(C)C1=O. The second-order valence-electron chi connectivity index (χ2n) is 5.60. The van der Waals surface area contributed by atoms with Gasteiger partial charge in [-0.05, 0) is 18.9 Å². The zero-order chi connectivity index (χ0) is 13.5. The number of unbranched alkanes of at least 4 members (excludes halogenated alkanes) is 3. The largest absolute Gasteiger partial charge is 0.305 e. The van der Waals surface area contributed by atoms with Crippen LogP contribution in [0.5, 0.6) is 0 Å². The first-order valence-electron chi connectivity index (χ1n) is 7.06. The molecule has 1 rings (SSSR count). The summed E-state index contributed by atoms with van der Waals surface area (Å²) in [5.74, 6) is 0.634. The van der Waals surface area contributed by atoms with Crippen molar-refractivity contribution < 1.29 is 9.59 Å². The van der Waals surface area contributed by atoms with Crippen LogP contribution in [0.15, 0.2) is 0 Å². The van der Waals surface area contributed by atoms with Gasteiger partial charge in [0, 0.05) is 7.05 Å². The molecule has 0 bridgehead atoms. The fourth-order valence-corrected chi connectivity index (χ4v) is 2.22. The molecular formula is C14H26N2O2. The van der Waals surface area contributed by atoms with Gasteiger partial charge in [-0.1, -0.05) is 39.5 Å². The summed E-state index contributed by atoms with van der Waals surface area (Å²) >= 11 is 0. The normalized spacial score (nSPS) is 20.2. The molecule has 1 unspecified atom stereocenters. The molecule has 4 nitrogen and oxygen atoms in total. The van der Waals surface area contributed by atoms with Gasteiger partial charge in [0.25, 0.3) is 0 Å². The number of amides is 2. The summed E-state index contributed by atoms with van der Waals surface area (Å²) in [4.78, 5) is 24.1. The van der Waals surface area contributed by atoms with Crippen molar-refractivity contribution in [2.24, 2.45) is 5.92 Å². The zero-order valence-electron chi connectivity index (χ0n) is 11.9. The average molecular weight is 254 g/mol. The molecule has 1 fully saturated rings. The first-order chi connectivity index (χ1) is 8.52. The minimum atomic E-state index is -0.279. The Labute approximate surface area is 110 Å². The number of hydrogen-bond acceptors (Lipinski definition) is 3. The molecule has 0 spiro atoms. The van der Waals surface area contributed by atoms with Crippen molar-refractivity contribution >= 4 is 11.8 Å². The van der Waals surface area contributed by atoms with Gasteiger partial charge in [-0.15, -0.1) is 0 Å². The predicted molar refractivity (Wildman–Crippen MR) is 72.1 cm³/mol. The standard InChI is InChI=1S/C14H26N2O2/c1-11(2)8-6-4-5-7-9-15-12-10-13(17)16(3)14(12)18/h11-12,15H,4-10H2,1-3H3. The van der Waals surface area contributed by atoms with Crippen molar-refractivity contribution in [2.45, 2.75) is 58.4 Å². The Morgan fingerprint density at radius 1 is 1.22 bits per heavy atom. The number of nitrogens with one attached hydrogen (secondary N) is 1. The maximum Gasteiger partial charge on any atom is 0.246 e. The molecule has 1 aliphatic heterocycles. The van der Waals surface area contributed by atoms with Crippen LogP contribution in [0.3, 0.4) is 0 Å². The number of carbonyl (C=O) groups excluding carboxylic acids is 2. The lowest BCUT2D eigenvalue weighted by molar-refractivity contribution is -0.137. The molecule has 1 saturated heterocycles. The van der Waals surface area contributed by atoms with E-state index in [1.54, 1.807) is 7.05 Å². The van der Waals surface area contributed by atoms with E-state index in [1.807, 2.05) is 0 Å². The maximum absolute atomic E-state index is 11.6. The summed E-state index contributed by atoms with van der Waals surface area (Å²) in [6.07, 6.45) is 6.46. The van der Waals surface area contributed by atoms with Crippen molar-refractivity contribution in [3.8, 4) is 0 Å². The molecule has 2 amide bonds. The number of nitrogens with zero attached hydrogens (tertiary/aromatic N) is 1. The van der Waals surface area contributed by atoms with E-state index in [-0.39, 0.29) is 17.9 Å². The van der Waals surface area contributed by atoms with Gasteiger partial charge in [-0.25, -0.2) is 0 Å². The summed E-state index contributed by atoms with van der Waals surface area (Å²) < 4.78 is 0. The molecule has 1 aliphatic rings. The highest BCUT2D eigenvalue weighted by Crippen LogP contribution is 2.11. The second-order valence-corrected chi connectivity index (χ2v) is 5.60. The van der Waals surface area contributed by atoms with E-state index in [0.717, 1.165) is 18.9 Å². The van der Waals surface area contributed by atoms with Crippen LogP contribution < -0.4 is 5.32 Å². The summed E-state index contributed by atoms with van der Waals surface area (Å²) in [7, 11) is 1.55. The van der Waals surface area contributed by atoms with Crippen LogP contribution in [-0.4, -0.2) is 36.3 Å². The Hall–Kier alpha value is -0.900. The van der Waals surface area contributed by atoms with Gasteiger partial charge in [-0.2, -0.15) is 0 Å². The van der Waals surface area contributed by atoms with Gasteiger partial charge < -0.3 is 5.32 Å². The van der Waals surface area contributed by atoms with E-state index in [1.165, 1.54) is 30.6 Å². The van der Waals surface area contributed by atoms with Crippen molar-refractivity contribution in [1.29, 1.82) is 0 Å². The molecule has 1 heterocycles. The average Bonchev–Trinajstić information content (AvgIpc) is 2.55. The summed E-state index contributed by atoms with van der Waals surface area (Å²) in [5.41, 5.74) is 0. The monoisotopic (exact) mass is 254 g/mol. The Kier molecular flexibility index (Phi) is 6.33. The minimum absolute atomic E-state index is 0.0746. The third kappa shape index (κ3) is 4.77. The van der Waals surface area contributed by atoms with Gasteiger partial charge in [0.05, 0.1) is 12.5 Å². The zero-order valence-corrected chi connectivity index (χ0v) is 11.9. The summed E-state index contributed by atoms with van der Waals surface area (Å²) in [6.45, 7) is 5.33. The third-order valence-electron chi connectivity index (χ3n) is 3.48. The molecule has 18 heavy (non-hydrogen) atoms. The Morgan fingerprint density at radius 2 is 1.89 bits per heavy atom. The van der Waals surface area contributed by atoms with E-state index in [2.05, 4.69) is 19.2 Å². The summed E-state index contributed by atoms with van der Waals surface area (Å²) in [6, 6.07) is -0.279. The second kappa shape index (κ2) is 7.52. The molecule has 0 saturated carbocycles. The van der Waals surface area contributed by atoms with Gasteiger partial charge in [-0.3, -0.25) is 14.5 Å². The Morgan fingerprint density at radius 3 is 2.44 bits per heavy atom. The first-order valence-corrected chi connectivity index (χ1v) is 7.06. The van der Waals surface area contributed by atoms with E-state index < -0.39 is 0 Å². The van der Waals surface area contributed by atoms with E-state index in [4.69, 9.17) is 0 Å². The van der Waals surface area contributed by atoms with Gasteiger partial charge in [0.1, 0.15) is 0 Å². The molecule has 1 atom stereocenters. The van der Waals surface area contributed by atoms with Crippen LogP contribution in [0.4, 0.5) is 0 Å². The molecular weight excluding hydrogens is 228 g/mol. The predicted octanol–water partition coefficient (Wildman–Crippen LogP) is 1.94. The molecule has 0 aromatic carbocycles. The molecule has 104 valence electrons. The molecule has 0 aromatic rings. The van der Waals surface area contributed by atoms with Gasteiger partial charge in [0.15, 0.2) is 0 Å². The molecule has 0 aromatic heterocycles. The Balaban J connectivity index is 2.02. The number of carbonyl (C=O) groups is 2. The lowest BCUT2D eigenvalue weighted by Gasteiger charge is -2.10. The van der Waals surface area contributed by atoms with Crippen LogP contribution in [0.2, 0.25) is 0 Å². The lowest BCUT2D eigenvalue weighted by atomic mass is 10.0. The summed E-state index contributed by atoms with van der Waals surface area (Å²) in [5, 5.41) is 3.18. The van der Waals surface area contributed by atoms with Crippen LogP contribution in [-0.2, 0) is 9.59 Å². The van der Waals surface area contributed by atoms with E-state index in [0.29, 0.717) is 6.42 Å². The fraction of sp³-hybridized carbons (Fsp3) is 0.857. The van der Waals surface area contributed by atoms with Crippen molar-refractivity contribution in [3.05, 3.63) is 0 Å². The van der Waals surface area contributed by atoms with E-state index >= 15 is 0 Å². The van der Waals surface area contributed by atoms with Crippen LogP contribution in [0.25, 0.3) is 0 Å². The van der Waals surface area contributed by atoms with Crippen molar-refractivity contribution in [2.75, 3.05) is 13.6 Å².